The first-order valence-electron chi connectivity index (χ1n) is 8.36. The Labute approximate surface area is 152 Å². The molecule has 1 fully saturated rings. The van der Waals surface area contributed by atoms with Gasteiger partial charge in [-0.25, -0.2) is 8.42 Å². The van der Waals surface area contributed by atoms with Gasteiger partial charge in [0, 0.05) is 42.9 Å². The van der Waals surface area contributed by atoms with Crippen molar-refractivity contribution < 1.29 is 13.3 Å². The van der Waals surface area contributed by atoms with Crippen LogP contribution in [-0.4, -0.2) is 35.9 Å². The van der Waals surface area contributed by atoms with Crippen LogP contribution in [-0.2, 0) is 16.9 Å². The molecule has 1 atom stereocenters. The first-order chi connectivity index (χ1) is 12.1. The van der Waals surface area contributed by atoms with Crippen molar-refractivity contribution in [1.82, 2.24) is 9.78 Å². The Morgan fingerprint density at radius 1 is 1.31 bits per heavy atom. The molecule has 0 aliphatic carbocycles. The molecule has 3 rings (SSSR count). The smallest absolute Gasteiger partial charge is 0.288 e. The summed E-state index contributed by atoms with van der Waals surface area (Å²) in [5.74, 6) is 0. The Morgan fingerprint density at radius 2 is 2.00 bits per heavy atom. The number of hydrogen-bond donors (Lipinski definition) is 0. The largest absolute Gasteiger partial charge is 0.364 e. The van der Waals surface area contributed by atoms with Crippen LogP contribution in [0.15, 0.2) is 23.1 Å². The van der Waals surface area contributed by atoms with E-state index in [1.54, 1.807) is 6.07 Å². The maximum atomic E-state index is 12.1. The Balaban J connectivity index is 2.09. The zero-order valence-electron chi connectivity index (χ0n) is 15.3. The Morgan fingerprint density at radius 3 is 2.54 bits per heavy atom. The van der Waals surface area contributed by atoms with Gasteiger partial charge in [-0.3, -0.25) is 14.8 Å². The zero-order chi connectivity index (χ0) is 19.2. The Kier molecular flexibility index (Phi) is 4.51. The van der Waals surface area contributed by atoms with Gasteiger partial charge < -0.3 is 4.90 Å². The minimum Gasteiger partial charge on any atom is -0.364 e. The number of anilines is 1. The second-order valence-corrected chi connectivity index (χ2v) is 8.72. The van der Waals surface area contributed by atoms with Crippen molar-refractivity contribution >= 4 is 21.2 Å². The molecule has 1 aliphatic rings. The molecule has 0 saturated carbocycles. The van der Waals surface area contributed by atoms with Gasteiger partial charge in [-0.2, -0.15) is 5.10 Å². The molecular weight excluding hydrogens is 356 g/mol. The fraction of sp³-hybridized carbons (Fsp3) is 0.471. The lowest BCUT2D eigenvalue weighted by molar-refractivity contribution is -0.387. The molecule has 1 unspecified atom stereocenters. The molecule has 1 aromatic heterocycles. The summed E-state index contributed by atoms with van der Waals surface area (Å²) in [6.45, 7) is 4.75. The molecule has 0 amide bonds. The quantitative estimate of drug-likeness (QED) is 0.599. The van der Waals surface area contributed by atoms with Gasteiger partial charge in [0.25, 0.3) is 5.69 Å². The zero-order valence-corrected chi connectivity index (χ0v) is 16.1. The Bertz CT molecular complexity index is 981. The molecule has 0 N–H and O–H groups in total. The van der Waals surface area contributed by atoms with Crippen LogP contribution in [0.4, 0.5) is 11.4 Å². The number of nitrogens with zero attached hydrogens (tertiary/aromatic N) is 4. The van der Waals surface area contributed by atoms with E-state index < -0.39 is 14.8 Å². The van der Waals surface area contributed by atoms with Gasteiger partial charge in [-0.1, -0.05) is 0 Å². The van der Waals surface area contributed by atoms with E-state index in [-0.39, 0.29) is 16.6 Å². The standard InChI is InChI=1S/C17H22N4O4S/c1-11-17(12(2)19(3)18-11)15-6-5-9-20(15)13-7-8-14(21(22)23)16(10-13)26(4,24)25/h7-8,10,15H,5-6,9H2,1-4H3. The van der Waals surface area contributed by atoms with Gasteiger partial charge >= 0.3 is 0 Å². The topological polar surface area (TPSA) is 98.3 Å². The summed E-state index contributed by atoms with van der Waals surface area (Å²) < 4.78 is 26.0. The Hall–Kier alpha value is -2.42. The lowest BCUT2D eigenvalue weighted by Crippen LogP contribution is -2.23. The van der Waals surface area contributed by atoms with Crippen LogP contribution in [0.1, 0.15) is 35.8 Å². The summed E-state index contributed by atoms with van der Waals surface area (Å²) in [5, 5.41) is 15.7. The van der Waals surface area contributed by atoms with E-state index >= 15 is 0 Å². The summed E-state index contributed by atoms with van der Waals surface area (Å²) in [6.07, 6.45) is 2.89. The van der Waals surface area contributed by atoms with Crippen LogP contribution in [0.2, 0.25) is 0 Å². The average molecular weight is 378 g/mol. The maximum Gasteiger partial charge on any atom is 0.288 e. The first-order valence-corrected chi connectivity index (χ1v) is 10.3. The molecule has 1 saturated heterocycles. The summed E-state index contributed by atoms with van der Waals surface area (Å²) in [6, 6.07) is 4.42. The predicted octanol–water partition coefficient (Wildman–Crippen LogP) is 2.69. The SMILES string of the molecule is Cc1nn(C)c(C)c1C1CCCN1c1ccc([N+](=O)[O-])c(S(C)(=O)=O)c1. The third-order valence-corrected chi connectivity index (χ3v) is 6.15. The second-order valence-electron chi connectivity index (χ2n) is 6.74. The van der Waals surface area contributed by atoms with Crippen molar-refractivity contribution in [3.63, 3.8) is 0 Å². The van der Waals surface area contributed by atoms with Gasteiger partial charge in [-0.05, 0) is 38.8 Å². The highest BCUT2D eigenvalue weighted by atomic mass is 32.2. The summed E-state index contributed by atoms with van der Waals surface area (Å²) in [4.78, 5) is 12.4. The first kappa shape index (κ1) is 18.4. The van der Waals surface area contributed by atoms with Crippen LogP contribution in [0, 0.1) is 24.0 Å². The van der Waals surface area contributed by atoms with Crippen LogP contribution in [0.3, 0.4) is 0 Å². The van der Waals surface area contributed by atoms with Crippen molar-refractivity contribution in [1.29, 1.82) is 0 Å². The van der Waals surface area contributed by atoms with Crippen molar-refractivity contribution in [3.8, 4) is 0 Å². The third kappa shape index (κ3) is 3.07. The number of aryl methyl sites for hydroxylation is 2. The van der Waals surface area contributed by atoms with Gasteiger partial charge in [0.1, 0.15) is 4.90 Å². The predicted molar refractivity (Wildman–Crippen MR) is 98.2 cm³/mol. The molecule has 2 heterocycles. The minimum atomic E-state index is -3.71. The number of nitro benzene ring substituents is 1. The number of sulfone groups is 1. The molecule has 1 aliphatic heterocycles. The highest BCUT2D eigenvalue weighted by Gasteiger charge is 2.32. The molecule has 1 aromatic carbocycles. The lowest BCUT2D eigenvalue weighted by Gasteiger charge is -2.27. The van der Waals surface area contributed by atoms with Gasteiger partial charge in [0.05, 0.1) is 16.7 Å². The molecule has 2 aromatic rings. The van der Waals surface area contributed by atoms with Gasteiger partial charge in [-0.15, -0.1) is 0 Å². The van der Waals surface area contributed by atoms with Crippen molar-refractivity contribution in [2.24, 2.45) is 7.05 Å². The van der Waals surface area contributed by atoms with Crippen molar-refractivity contribution in [2.75, 3.05) is 17.7 Å². The molecule has 0 spiro atoms. The monoisotopic (exact) mass is 378 g/mol. The van der Waals surface area contributed by atoms with Gasteiger partial charge in [0.2, 0.25) is 0 Å². The van der Waals surface area contributed by atoms with Gasteiger partial charge in [0.15, 0.2) is 9.84 Å². The molecule has 0 bridgehead atoms. The van der Waals surface area contributed by atoms with Crippen molar-refractivity contribution in [2.45, 2.75) is 37.6 Å². The number of rotatable bonds is 4. The van der Waals surface area contributed by atoms with E-state index in [9.17, 15) is 18.5 Å². The van der Waals surface area contributed by atoms with E-state index in [2.05, 4.69) is 10.00 Å². The summed E-state index contributed by atoms with van der Waals surface area (Å²) in [7, 11) is -1.81. The second kappa shape index (κ2) is 6.39. The van der Waals surface area contributed by atoms with Crippen molar-refractivity contribution in [3.05, 3.63) is 45.3 Å². The summed E-state index contributed by atoms with van der Waals surface area (Å²) in [5.41, 5.74) is 3.46. The van der Waals surface area contributed by atoms with Crippen LogP contribution < -0.4 is 4.90 Å². The normalized spacial score (nSPS) is 17.7. The van der Waals surface area contributed by atoms with E-state index in [1.165, 1.54) is 12.1 Å². The van der Waals surface area contributed by atoms with E-state index in [4.69, 9.17) is 0 Å². The third-order valence-electron chi connectivity index (χ3n) is 5.02. The molecule has 0 radical (unpaired) electrons. The average Bonchev–Trinajstić information content (AvgIpc) is 3.11. The fourth-order valence-corrected chi connectivity index (χ4v) is 4.63. The highest BCUT2D eigenvalue weighted by Crippen LogP contribution is 2.40. The molecule has 9 heteroatoms. The highest BCUT2D eigenvalue weighted by molar-refractivity contribution is 7.90. The summed E-state index contributed by atoms with van der Waals surface area (Å²) >= 11 is 0. The minimum absolute atomic E-state index is 0.0811. The number of hydrogen-bond acceptors (Lipinski definition) is 6. The number of benzene rings is 1. The molecule has 140 valence electrons. The molecule has 8 nitrogen and oxygen atoms in total. The van der Waals surface area contributed by atoms with E-state index in [1.807, 2.05) is 25.6 Å². The maximum absolute atomic E-state index is 12.1. The fourth-order valence-electron chi connectivity index (χ4n) is 3.78. The van der Waals surface area contributed by atoms with Crippen LogP contribution in [0.5, 0.6) is 0 Å². The number of nitro groups is 1. The van der Waals surface area contributed by atoms with E-state index in [0.717, 1.165) is 42.6 Å². The molecular formula is C17H22N4O4S. The van der Waals surface area contributed by atoms with Crippen LogP contribution in [0.25, 0.3) is 0 Å². The van der Waals surface area contributed by atoms with Crippen LogP contribution >= 0.6 is 0 Å². The number of aromatic nitrogens is 2. The molecule has 26 heavy (non-hydrogen) atoms. The van der Waals surface area contributed by atoms with E-state index in [0.29, 0.717) is 5.69 Å². The lowest BCUT2D eigenvalue weighted by atomic mass is 10.0.